The number of halogens is 2. The summed E-state index contributed by atoms with van der Waals surface area (Å²) < 4.78 is 1.31. The van der Waals surface area contributed by atoms with E-state index >= 15 is 0 Å². The van der Waals surface area contributed by atoms with Gasteiger partial charge in [0.05, 0.1) is 10.7 Å². The first-order valence-corrected chi connectivity index (χ1v) is 10.0. The van der Waals surface area contributed by atoms with E-state index in [0.717, 1.165) is 0 Å². The van der Waals surface area contributed by atoms with Gasteiger partial charge in [0.1, 0.15) is 6.54 Å². The fourth-order valence-corrected chi connectivity index (χ4v) is 3.70. The number of anilines is 1. The summed E-state index contributed by atoms with van der Waals surface area (Å²) in [6, 6.07) is 3.37. The maximum atomic E-state index is 12.3. The van der Waals surface area contributed by atoms with Crippen molar-refractivity contribution in [3.8, 4) is 0 Å². The normalized spacial score (nSPS) is 13.4. The lowest BCUT2D eigenvalue weighted by Crippen LogP contribution is -2.35. The number of aromatic nitrogens is 2. The Labute approximate surface area is 183 Å². The van der Waals surface area contributed by atoms with E-state index in [2.05, 4.69) is 20.7 Å². The Morgan fingerprint density at radius 2 is 2.00 bits per heavy atom. The highest BCUT2D eigenvalue weighted by Crippen LogP contribution is 2.35. The number of benzene rings is 1. The summed E-state index contributed by atoms with van der Waals surface area (Å²) in [6.07, 6.45) is 0.323. The molecule has 2 aromatic rings. The maximum absolute atomic E-state index is 12.3. The van der Waals surface area contributed by atoms with Gasteiger partial charge < -0.3 is 10.6 Å². The van der Waals surface area contributed by atoms with Crippen molar-refractivity contribution in [2.75, 3.05) is 11.9 Å². The number of hydrogen-bond acceptors (Lipinski definition) is 5. The molecule has 1 aromatic heterocycles. The average Bonchev–Trinajstić information content (AvgIpc) is 3.12. The summed E-state index contributed by atoms with van der Waals surface area (Å²) in [5.74, 6) is -0.889. The van der Waals surface area contributed by atoms with E-state index in [1.165, 1.54) is 4.68 Å². The van der Waals surface area contributed by atoms with Crippen molar-refractivity contribution in [3.63, 3.8) is 0 Å². The molecule has 0 aliphatic carbocycles. The van der Waals surface area contributed by atoms with Crippen molar-refractivity contribution < 1.29 is 9.59 Å². The van der Waals surface area contributed by atoms with Crippen LogP contribution in [0.2, 0.25) is 10.0 Å². The molecule has 1 aliphatic heterocycles. The van der Waals surface area contributed by atoms with Crippen molar-refractivity contribution in [3.05, 3.63) is 54.9 Å². The van der Waals surface area contributed by atoms with Crippen LogP contribution in [0.3, 0.4) is 0 Å². The van der Waals surface area contributed by atoms with Crippen molar-refractivity contribution in [2.24, 2.45) is 12.0 Å². The molecule has 0 fully saturated rings. The zero-order valence-electron chi connectivity index (χ0n) is 17.0. The van der Waals surface area contributed by atoms with Crippen LogP contribution in [0, 0.1) is 6.92 Å². The number of amides is 2. The zero-order valence-corrected chi connectivity index (χ0v) is 18.5. The third-order valence-electron chi connectivity index (χ3n) is 4.78. The smallest absolute Gasteiger partial charge is 0.291 e. The number of aliphatic imine (C=N–C) groups is 1. The van der Waals surface area contributed by atoms with E-state index in [1.807, 2.05) is 13.8 Å². The summed E-state index contributed by atoms with van der Waals surface area (Å²) in [7, 11) is 1.61. The number of rotatable bonds is 5. The Kier molecular flexibility index (Phi) is 6.28. The lowest BCUT2D eigenvalue weighted by atomic mass is 10.0. The summed E-state index contributed by atoms with van der Waals surface area (Å²) in [5, 5.41) is 10.1. The predicted octanol–water partition coefficient (Wildman–Crippen LogP) is 2.58. The number of hydrogen-bond donors (Lipinski definition) is 2. The molecule has 0 spiro atoms. The summed E-state index contributed by atoms with van der Waals surface area (Å²) >= 11 is 13.0. The van der Waals surface area contributed by atoms with E-state index < -0.39 is 5.91 Å². The standard InChI is InChI=1S/C20H21Cl2N5O3/c1-9(2)12-5-11(26-27(4)20(12)30)6-13-14(21)7-15(10(3)17(13)22)24-19(29)18-23-8-16(28)25-18/h5,7,9H,6,8H2,1-4H3,(H,24,29)(H,23,25,28). The molecule has 2 heterocycles. The number of nitrogens with zero attached hydrogens (tertiary/aromatic N) is 3. The van der Waals surface area contributed by atoms with E-state index in [4.69, 9.17) is 23.2 Å². The topological polar surface area (TPSA) is 105 Å². The molecule has 30 heavy (non-hydrogen) atoms. The molecular formula is C20H21Cl2N5O3. The van der Waals surface area contributed by atoms with Crippen molar-refractivity contribution in [1.82, 2.24) is 15.1 Å². The van der Waals surface area contributed by atoms with Gasteiger partial charge in [-0.15, -0.1) is 0 Å². The van der Waals surface area contributed by atoms with Gasteiger partial charge in [0, 0.05) is 29.7 Å². The molecule has 0 radical (unpaired) electrons. The van der Waals surface area contributed by atoms with Gasteiger partial charge in [-0.25, -0.2) is 4.68 Å². The number of amidine groups is 1. The minimum atomic E-state index is -0.551. The fraction of sp³-hybridized carbons (Fsp3) is 0.350. The Morgan fingerprint density at radius 3 is 2.60 bits per heavy atom. The second-order valence-electron chi connectivity index (χ2n) is 7.34. The number of carbonyl (C=O) groups excluding carboxylic acids is 2. The van der Waals surface area contributed by atoms with Crippen LogP contribution in [0.15, 0.2) is 21.9 Å². The molecule has 0 saturated heterocycles. The van der Waals surface area contributed by atoms with Crippen LogP contribution in [-0.2, 0) is 23.1 Å². The quantitative estimate of drug-likeness (QED) is 0.731. The first-order chi connectivity index (χ1) is 14.1. The van der Waals surface area contributed by atoms with Gasteiger partial charge in [0.2, 0.25) is 5.91 Å². The van der Waals surface area contributed by atoms with Crippen LogP contribution in [0.4, 0.5) is 5.69 Å². The van der Waals surface area contributed by atoms with Crippen molar-refractivity contribution >= 4 is 46.5 Å². The Hall–Kier alpha value is -2.71. The highest BCUT2D eigenvalue weighted by Gasteiger charge is 2.22. The summed E-state index contributed by atoms with van der Waals surface area (Å²) in [6.45, 7) is 5.56. The first kappa shape index (κ1) is 22.0. The van der Waals surface area contributed by atoms with E-state index in [0.29, 0.717) is 44.5 Å². The molecule has 158 valence electrons. The molecule has 10 heteroatoms. The van der Waals surface area contributed by atoms with Crippen LogP contribution in [-0.4, -0.2) is 34.0 Å². The molecule has 2 N–H and O–H groups in total. The summed E-state index contributed by atoms with van der Waals surface area (Å²) in [5.41, 5.74) is 2.85. The molecular weight excluding hydrogens is 429 g/mol. The van der Waals surface area contributed by atoms with E-state index in [1.54, 1.807) is 26.1 Å². The van der Waals surface area contributed by atoms with Gasteiger partial charge in [-0.3, -0.25) is 19.4 Å². The highest BCUT2D eigenvalue weighted by atomic mass is 35.5. The Balaban J connectivity index is 1.91. The third kappa shape index (κ3) is 4.39. The highest BCUT2D eigenvalue weighted by molar-refractivity contribution is 6.46. The Bertz CT molecular complexity index is 1140. The largest absolute Gasteiger partial charge is 0.319 e. The van der Waals surface area contributed by atoms with Crippen molar-refractivity contribution in [1.29, 1.82) is 0 Å². The molecule has 8 nitrogen and oxygen atoms in total. The maximum Gasteiger partial charge on any atom is 0.291 e. The second-order valence-corrected chi connectivity index (χ2v) is 8.13. The molecule has 0 saturated carbocycles. The molecule has 3 rings (SSSR count). The second kappa shape index (κ2) is 8.57. The van der Waals surface area contributed by atoms with Crippen LogP contribution in [0.5, 0.6) is 0 Å². The predicted molar refractivity (Wildman–Crippen MR) is 117 cm³/mol. The van der Waals surface area contributed by atoms with Crippen LogP contribution in [0.1, 0.15) is 42.1 Å². The fourth-order valence-electron chi connectivity index (χ4n) is 3.11. The van der Waals surface area contributed by atoms with Crippen LogP contribution >= 0.6 is 23.2 Å². The SMILES string of the molecule is Cc1c(NC(=O)C2=NCC(=O)N2)cc(Cl)c(Cc2cc(C(C)C)c(=O)n(C)n2)c1Cl. The Morgan fingerprint density at radius 1 is 1.30 bits per heavy atom. The number of nitrogens with one attached hydrogen (secondary N) is 2. The summed E-state index contributed by atoms with van der Waals surface area (Å²) in [4.78, 5) is 39.6. The molecule has 0 atom stereocenters. The van der Waals surface area contributed by atoms with Crippen LogP contribution < -0.4 is 16.2 Å². The van der Waals surface area contributed by atoms with Gasteiger partial charge in [0.25, 0.3) is 11.5 Å². The van der Waals surface area contributed by atoms with E-state index in [-0.39, 0.29) is 29.8 Å². The lowest BCUT2D eigenvalue weighted by Gasteiger charge is -2.16. The lowest BCUT2D eigenvalue weighted by molar-refractivity contribution is -0.118. The van der Waals surface area contributed by atoms with E-state index in [9.17, 15) is 14.4 Å². The molecule has 1 aromatic carbocycles. The third-order valence-corrected chi connectivity index (χ3v) is 5.63. The molecule has 2 amide bonds. The minimum absolute atomic E-state index is 0.0497. The minimum Gasteiger partial charge on any atom is -0.319 e. The van der Waals surface area contributed by atoms with Crippen LogP contribution in [0.25, 0.3) is 0 Å². The van der Waals surface area contributed by atoms with Gasteiger partial charge in [-0.05, 0) is 36.1 Å². The monoisotopic (exact) mass is 449 g/mol. The molecule has 0 bridgehead atoms. The molecule has 1 aliphatic rings. The first-order valence-electron chi connectivity index (χ1n) is 9.28. The zero-order chi connectivity index (χ0) is 22.2. The van der Waals surface area contributed by atoms with Crippen molar-refractivity contribution in [2.45, 2.75) is 33.1 Å². The van der Waals surface area contributed by atoms with Gasteiger partial charge >= 0.3 is 0 Å². The van der Waals surface area contributed by atoms with Gasteiger partial charge in [-0.1, -0.05) is 37.0 Å². The average molecular weight is 450 g/mol. The van der Waals surface area contributed by atoms with Gasteiger partial charge in [0.15, 0.2) is 5.84 Å². The number of aryl methyl sites for hydroxylation is 1. The van der Waals surface area contributed by atoms with Gasteiger partial charge in [-0.2, -0.15) is 5.10 Å². The molecule has 0 unspecified atom stereocenters. The number of carbonyl (C=O) groups is 2.